The predicted molar refractivity (Wildman–Crippen MR) is 73.3 cm³/mol. The number of benzene rings is 1. The lowest BCUT2D eigenvalue weighted by Crippen LogP contribution is -2.20. The number of rotatable bonds is 2. The van der Waals surface area contributed by atoms with Crippen LogP contribution in [0.1, 0.15) is 5.69 Å². The van der Waals surface area contributed by atoms with Crippen LogP contribution < -0.4 is 5.56 Å². The number of hydrogen-bond donors (Lipinski definition) is 1. The molecule has 1 aromatic carbocycles. The Labute approximate surface area is 110 Å². The van der Waals surface area contributed by atoms with Crippen LogP contribution in [-0.4, -0.2) is 19.3 Å². The number of para-hydroxylation sites is 1. The molecule has 0 saturated carbocycles. The molecule has 0 aliphatic rings. The highest BCUT2D eigenvalue weighted by Crippen LogP contribution is 2.17. The minimum Gasteiger partial charge on any atom is -0.344 e. The third kappa shape index (κ3) is 1.71. The quantitative estimate of drug-likeness (QED) is 0.759. The van der Waals surface area contributed by atoms with Crippen LogP contribution in [0.4, 0.5) is 0 Å². The number of hydrogen-bond acceptors (Lipinski definition) is 2. The van der Waals surface area contributed by atoms with Crippen molar-refractivity contribution in [1.82, 2.24) is 19.3 Å². The number of aromatic amines is 1. The van der Waals surface area contributed by atoms with E-state index in [0.717, 1.165) is 11.4 Å². The number of nitrogens with zero attached hydrogens (tertiary/aromatic N) is 3. The van der Waals surface area contributed by atoms with Crippen LogP contribution in [0.5, 0.6) is 0 Å². The van der Waals surface area contributed by atoms with E-state index >= 15 is 0 Å². The maximum absolute atomic E-state index is 12.6. The van der Waals surface area contributed by atoms with Crippen molar-refractivity contribution in [3.8, 4) is 17.1 Å². The molecule has 0 spiro atoms. The van der Waals surface area contributed by atoms with Crippen molar-refractivity contribution in [2.45, 2.75) is 6.92 Å². The molecule has 96 valence electrons. The zero-order valence-electron chi connectivity index (χ0n) is 10.8. The van der Waals surface area contributed by atoms with E-state index in [1.54, 1.807) is 17.1 Å². The van der Waals surface area contributed by atoms with Gasteiger partial charge in [-0.05, 0) is 19.1 Å². The molecule has 0 bridgehead atoms. The lowest BCUT2D eigenvalue weighted by atomic mass is 10.2. The van der Waals surface area contributed by atoms with Gasteiger partial charge in [0.1, 0.15) is 11.4 Å². The maximum atomic E-state index is 12.6. The minimum absolute atomic E-state index is 0.0684. The van der Waals surface area contributed by atoms with Gasteiger partial charge in [-0.25, -0.2) is 9.67 Å². The van der Waals surface area contributed by atoms with Gasteiger partial charge < -0.3 is 4.98 Å². The highest BCUT2D eigenvalue weighted by molar-refractivity contribution is 5.58. The summed E-state index contributed by atoms with van der Waals surface area (Å²) >= 11 is 0. The van der Waals surface area contributed by atoms with Crippen LogP contribution in [0.25, 0.3) is 17.1 Å². The minimum atomic E-state index is -0.0684. The van der Waals surface area contributed by atoms with Gasteiger partial charge in [0, 0.05) is 25.1 Å². The van der Waals surface area contributed by atoms with Gasteiger partial charge in [-0.2, -0.15) is 0 Å². The Morgan fingerprint density at radius 2 is 1.95 bits per heavy atom. The summed E-state index contributed by atoms with van der Waals surface area (Å²) in [7, 11) is 1.87. The first-order chi connectivity index (χ1) is 9.20. The Kier molecular flexibility index (Phi) is 2.59. The normalized spacial score (nSPS) is 10.8. The molecule has 0 aliphatic heterocycles. The highest BCUT2D eigenvalue weighted by atomic mass is 16.1. The van der Waals surface area contributed by atoms with Gasteiger partial charge in [-0.15, -0.1) is 0 Å². The third-order valence-electron chi connectivity index (χ3n) is 3.29. The number of aromatic nitrogens is 4. The Morgan fingerprint density at radius 3 is 2.58 bits per heavy atom. The third-order valence-corrected chi connectivity index (χ3v) is 3.29. The molecule has 5 nitrogen and oxygen atoms in total. The van der Waals surface area contributed by atoms with Gasteiger partial charge in [-0.1, -0.05) is 18.2 Å². The van der Waals surface area contributed by atoms with Gasteiger partial charge in [0.05, 0.1) is 5.69 Å². The Bertz CT molecular complexity index is 751. The van der Waals surface area contributed by atoms with Gasteiger partial charge in [0.2, 0.25) is 0 Å². The molecule has 0 fully saturated rings. The smallest absolute Gasteiger partial charge is 0.282 e. The summed E-state index contributed by atoms with van der Waals surface area (Å²) in [5, 5.41) is 0. The summed E-state index contributed by atoms with van der Waals surface area (Å²) in [6, 6.07) is 9.57. The van der Waals surface area contributed by atoms with Crippen molar-refractivity contribution in [3.05, 3.63) is 58.8 Å². The van der Waals surface area contributed by atoms with Crippen LogP contribution >= 0.6 is 0 Å². The van der Waals surface area contributed by atoms with E-state index in [4.69, 9.17) is 0 Å². The fourth-order valence-corrected chi connectivity index (χ4v) is 2.24. The largest absolute Gasteiger partial charge is 0.344 e. The summed E-state index contributed by atoms with van der Waals surface area (Å²) in [6.45, 7) is 1.92. The summed E-state index contributed by atoms with van der Waals surface area (Å²) in [4.78, 5) is 19.8. The molecule has 0 saturated heterocycles. The van der Waals surface area contributed by atoms with Crippen molar-refractivity contribution in [2.75, 3.05) is 0 Å². The number of imidazole rings is 1. The van der Waals surface area contributed by atoms with E-state index in [-0.39, 0.29) is 5.56 Å². The van der Waals surface area contributed by atoms with Gasteiger partial charge >= 0.3 is 0 Å². The van der Waals surface area contributed by atoms with Crippen molar-refractivity contribution in [1.29, 1.82) is 0 Å². The predicted octanol–water partition coefficient (Wildman–Crippen LogP) is 1.87. The molecule has 0 radical (unpaired) electrons. The number of H-pyrrole nitrogens is 1. The SMILES string of the molecule is Cc1c(-c2ncc[nH]2)c(=O)n(-c2ccccc2)n1C. The second kappa shape index (κ2) is 4.28. The fourth-order valence-electron chi connectivity index (χ4n) is 2.24. The molecule has 3 aromatic rings. The van der Waals surface area contributed by atoms with Crippen molar-refractivity contribution in [3.63, 3.8) is 0 Å². The average molecular weight is 254 g/mol. The molecule has 0 atom stereocenters. The van der Waals surface area contributed by atoms with Crippen LogP contribution in [0.15, 0.2) is 47.5 Å². The zero-order valence-corrected chi connectivity index (χ0v) is 10.8. The first-order valence-electron chi connectivity index (χ1n) is 6.04. The molecule has 2 heterocycles. The second-order valence-corrected chi connectivity index (χ2v) is 4.37. The molecule has 5 heteroatoms. The molecule has 1 N–H and O–H groups in total. The van der Waals surface area contributed by atoms with E-state index in [9.17, 15) is 4.79 Å². The summed E-state index contributed by atoms with van der Waals surface area (Å²) in [5.74, 6) is 0.604. The first-order valence-corrected chi connectivity index (χ1v) is 6.04. The van der Waals surface area contributed by atoms with Crippen LogP contribution in [-0.2, 0) is 7.05 Å². The van der Waals surface area contributed by atoms with Crippen molar-refractivity contribution in [2.24, 2.45) is 7.05 Å². The van der Waals surface area contributed by atoms with E-state index < -0.39 is 0 Å². The van der Waals surface area contributed by atoms with Crippen LogP contribution in [0.3, 0.4) is 0 Å². The standard InChI is InChI=1S/C14H14N4O/c1-10-12(13-15-8-9-16-13)14(19)18(17(10)2)11-6-4-3-5-7-11/h3-9H,1-2H3,(H,15,16). The van der Waals surface area contributed by atoms with E-state index in [1.165, 1.54) is 0 Å². The van der Waals surface area contributed by atoms with Crippen LogP contribution in [0.2, 0.25) is 0 Å². The number of nitrogens with one attached hydrogen (secondary N) is 1. The molecular weight excluding hydrogens is 240 g/mol. The summed E-state index contributed by atoms with van der Waals surface area (Å²) in [6.07, 6.45) is 3.36. The molecule has 0 amide bonds. The van der Waals surface area contributed by atoms with E-state index in [0.29, 0.717) is 11.4 Å². The highest BCUT2D eigenvalue weighted by Gasteiger charge is 2.18. The Balaban J connectivity index is 2.30. The second-order valence-electron chi connectivity index (χ2n) is 4.37. The van der Waals surface area contributed by atoms with Gasteiger partial charge in [-0.3, -0.25) is 9.48 Å². The maximum Gasteiger partial charge on any atom is 0.282 e. The monoisotopic (exact) mass is 254 g/mol. The lowest BCUT2D eigenvalue weighted by molar-refractivity contribution is 0.630. The van der Waals surface area contributed by atoms with Gasteiger partial charge in [0.15, 0.2) is 0 Å². The molecule has 19 heavy (non-hydrogen) atoms. The Morgan fingerprint density at radius 1 is 1.21 bits per heavy atom. The summed E-state index contributed by atoms with van der Waals surface area (Å²) < 4.78 is 3.49. The van der Waals surface area contributed by atoms with Gasteiger partial charge in [0.25, 0.3) is 5.56 Å². The molecular formula is C14H14N4O. The fraction of sp³-hybridized carbons (Fsp3) is 0.143. The Hall–Kier alpha value is -2.56. The molecule has 3 rings (SSSR count). The van der Waals surface area contributed by atoms with E-state index in [2.05, 4.69) is 9.97 Å². The average Bonchev–Trinajstić information content (AvgIpc) is 3.00. The van der Waals surface area contributed by atoms with Crippen molar-refractivity contribution < 1.29 is 0 Å². The first kappa shape index (κ1) is 11.5. The van der Waals surface area contributed by atoms with Crippen molar-refractivity contribution >= 4 is 0 Å². The molecule has 0 aliphatic carbocycles. The lowest BCUT2D eigenvalue weighted by Gasteiger charge is -2.07. The van der Waals surface area contributed by atoms with E-state index in [1.807, 2.05) is 49.0 Å². The summed E-state index contributed by atoms with van der Waals surface area (Å²) in [5.41, 5.74) is 2.26. The molecule has 2 aromatic heterocycles. The van der Waals surface area contributed by atoms with Crippen LogP contribution in [0, 0.1) is 6.92 Å². The topological polar surface area (TPSA) is 55.6 Å². The molecule has 0 unspecified atom stereocenters. The zero-order chi connectivity index (χ0) is 13.4.